The third-order valence-electron chi connectivity index (χ3n) is 2.75. The molecule has 1 heterocycles. The molecule has 0 saturated carbocycles. The van der Waals surface area contributed by atoms with E-state index in [0.717, 1.165) is 17.7 Å². The molecule has 0 aliphatic carbocycles. The van der Waals surface area contributed by atoms with Crippen LogP contribution < -0.4 is 10.1 Å². The summed E-state index contributed by atoms with van der Waals surface area (Å²) in [7, 11) is 1.62. The number of amides is 1. The summed E-state index contributed by atoms with van der Waals surface area (Å²) in [6.45, 7) is 2.39. The second-order valence-electron chi connectivity index (χ2n) is 4.06. The molecule has 5 nitrogen and oxygen atoms in total. The van der Waals surface area contributed by atoms with Gasteiger partial charge in [0.15, 0.2) is 5.69 Å². The molecule has 1 N–H and O–H groups in total. The highest BCUT2D eigenvalue weighted by atomic mass is 16.5. The SMILES string of the molecule is CCc1cc(C(=O)NCc2ccc(OC)cc2)no1. The van der Waals surface area contributed by atoms with Gasteiger partial charge in [0.05, 0.1) is 7.11 Å². The van der Waals surface area contributed by atoms with Crippen LogP contribution in [0.1, 0.15) is 28.7 Å². The minimum absolute atomic E-state index is 0.237. The molecule has 0 fully saturated rings. The highest BCUT2D eigenvalue weighted by Crippen LogP contribution is 2.11. The number of hydrogen-bond donors (Lipinski definition) is 1. The Morgan fingerprint density at radius 2 is 2.11 bits per heavy atom. The molecule has 0 bridgehead atoms. The minimum atomic E-state index is -0.237. The lowest BCUT2D eigenvalue weighted by Crippen LogP contribution is -2.22. The second kappa shape index (κ2) is 6.04. The number of carbonyl (C=O) groups excluding carboxylic acids is 1. The lowest BCUT2D eigenvalue weighted by molar-refractivity contribution is 0.0941. The molecule has 0 spiro atoms. The van der Waals surface area contributed by atoms with Gasteiger partial charge in [0, 0.05) is 19.0 Å². The number of nitrogens with one attached hydrogen (secondary N) is 1. The first-order valence-electron chi connectivity index (χ1n) is 6.09. The first-order valence-corrected chi connectivity index (χ1v) is 6.09. The Labute approximate surface area is 111 Å². The van der Waals surface area contributed by atoms with Gasteiger partial charge in [-0.2, -0.15) is 0 Å². The molecule has 0 radical (unpaired) electrons. The number of hydrogen-bond acceptors (Lipinski definition) is 4. The van der Waals surface area contributed by atoms with Crippen LogP contribution in [0, 0.1) is 0 Å². The highest BCUT2D eigenvalue weighted by Gasteiger charge is 2.11. The van der Waals surface area contributed by atoms with Gasteiger partial charge >= 0.3 is 0 Å². The van der Waals surface area contributed by atoms with Crippen molar-refractivity contribution in [3.8, 4) is 5.75 Å². The standard InChI is InChI=1S/C14H16N2O3/c1-3-11-8-13(16-19-11)14(17)15-9-10-4-6-12(18-2)7-5-10/h4-8H,3,9H2,1-2H3,(H,15,17). The molecule has 1 amide bonds. The maximum atomic E-state index is 11.8. The zero-order valence-corrected chi connectivity index (χ0v) is 11.0. The molecule has 1 aromatic carbocycles. The predicted molar refractivity (Wildman–Crippen MR) is 70.0 cm³/mol. The molecule has 1 aromatic heterocycles. The Kier molecular flexibility index (Phi) is 4.18. The van der Waals surface area contributed by atoms with Gasteiger partial charge in [-0.25, -0.2) is 0 Å². The van der Waals surface area contributed by atoms with Crippen molar-refractivity contribution in [1.29, 1.82) is 0 Å². The molecule has 5 heteroatoms. The summed E-state index contributed by atoms with van der Waals surface area (Å²) in [6, 6.07) is 9.17. The number of benzene rings is 1. The molecule has 0 saturated heterocycles. The van der Waals surface area contributed by atoms with Crippen LogP contribution in [0.3, 0.4) is 0 Å². The fraction of sp³-hybridized carbons (Fsp3) is 0.286. The van der Waals surface area contributed by atoms with Gasteiger partial charge in [0.1, 0.15) is 11.5 Å². The van der Waals surface area contributed by atoms with Gasteiger partial charge in [-0.15, -0.1) is 0 Å². The van der Waals surface area contributed by atoms with Crippen LogP contribution in [0.5, 0.6) is 5.75 Å². The lowest BCUT2D eigenvalue weighted by atomic mass is 10.2. The van der Waals surface area contributed by atoms with Crippen LogP contribution in [0.2, 0.25) is 0 Å². The molecule has 19 heavy (non-hydrogen) atoms. The van der Waals surface area contributed by atoms with Crippen LogP contribution >= 0.6 is 0 Å². The Morgan fingerprint density at radius 3 is 2.68 bits per heavy atom. The number of methoxy groups -OCH3 is 1. The molecular formula is C14H16N2O3. The predicted octanol–water partition coefficient (Wildman–Crippen LogP) is 2.18. The lowest BCUT2D eigenvalue weighted by Gasteiger charge is -2.04. The summed E-state index contributed by atoms with van der Waals surface area (Å²) in [4.78, 5) is 11.8. The second-order valence-corrected chi connectivity index (χ2v) is 4.06. The first-order chi connectivity index (χ1) is 9.22. The van der Waals surface area contributed by atoms with Gasteiger partial charge in [-0.3, -0.25) is 4.79 Å². The van der Waals surface area contributed by atoms with Crippen LogP contribution in [0.25, 0.3) is 0 Å². The van der Waals surface area contributed by atoms with Gasteiger partial charge < -0.3 is 14.6 Å². The molecule has 100 valence electrons. The van der Waals surface area contributed by atoms with E-state index < -0.39 is 0 Å². The fourth-order valence-corrected chi connectivity index (χ4v) is 1.60. The molecule has 0 aliphatic rings. The van der Waals surface area contributed by atoms with Crippen molar-refractivity contribution >= 4 is 5.91 Å². The zero-order chi connectivity index (χ0) is 13.7. The summed E-state index contributed by atoms with van der Waals surface area (Å²) in [5.74, 6) is 1.26. The third kappa shape index (κ3) is 3.34. The molecule has 0 unspecified atom stereocenters. The number of rotatable bonds is 5. The summed E-state index contributed by atoms with van der Waals surface area (Å²) in [6.07, 6.45) is 0.721. The largest absolute Gasteiger partial charge is 0.497 e. The van der Waals surface area contributed by atoms with E-state index in [1.807, 2.05) is 31.2 Å². The Morgan fingerprint density at radius 1 is 1.37 bits per heavy atom. The van der Waals surface area contributed by atoms with Crippen molar-refractivity contribution in [2.45, 2.75) is 19.9 Å². The van der Waals surface area contributed by atoms with E-state index in [-0.39, 0.29) is 5.91 Å². The van der Waals surface area contributed by atoms with E-state index in [4.69, 9.17) is 9.26 Å². The Bertz CT molecular complexity index is 546. The molecule has 0 atom stereocenters. The molecule has 2 aromatic rings. The summed E-state index contributed by atoms with van der Waals surface area (Å²) < 4.78 is 10.1. The Hall–Kier alpha value is -2.30. The number of ether oxygens (including phenoxy) is 1. The van der Waals surface area contributed by atoms with Crippen molar-refractivity contribution in [1.82, 2.24) is 10.5 Å². The van der Waals surface area contributed by atoms with Crippen molar-refractivity contribution in [3.05, 3.63) is 47.3 Å². The average molecular weight is 260 g/mol. The number of aromatic nitrogens is 1. The summed E-state index contributed by atoms with van der Waals surface area (Å²) >= 11 is 0. The Balaban J connectivity index is 1.92. The normalized spacial score (nSPS) is 10.2. The van der Waals surface area contributed by atoms with Crippen LogP contribution in [0.4, 0.5) is 0 Å². The van der Waals surface area contributed by atoms with E-state index in [1.165, 1.54) is 0 Å². The maximum absolute atomic E-state index is 11.8. The number of aryl methyl sites for hydroxylation is 1. The van der Waals surface area contributed by atoms with Crippen LogP contribution in [-0.4, -0.2) is 18.2 Å². The average Bonchev–Trinajstić information content (AvgIpc) is 2.94. The quantitative estimate of drug-likeness (QED) is 0.894. The van der Waals surface area contributed by atoms with Crippen LogP contribution in [-0.2, 0) is 13.0 Å². The molecule has 2 rings (SSSR count). The first kappa shape index (κ1) is 13.1. The van der Waals surface area contributed by atoms with Gasteiger partial charge in [0.25, 0.3) is 5.91 Å². The fourth-order valence-electron chi connectivity index (χ4n) is 1.60. The van der Waals surface area contributed by atoms with Gasteiger partial charge in [-0.05, 0) is 17.7 Å². The summed E-state index contributed by atoms with van der Waals surface area (Å²) in [5.41, 5.74) is 1.30. The smallest absolute Gasteiger partial charge is 0.273 e. The number of carbonyl (C=O) groups is 1. The van der Waals surface area contributed by atoms with E-state index in [0.29, 0.717) is 18.0 Å². The van der Waals surface area contributed by atoms with Gasteiger partial charge in [0.2, 0.25) is 0 Å². The van der Waals surface area contributed by atoms with E-state index in [2.05, 4.69) is 10.5 Å². The van der Waals surface area contributed by atoms with Gasteiger partial charge in [-0.1, -0.05) is 24.2 Å². The maximum Gasteiger partial charge on any atom is 0.273 e. The van der Waals surface area contributed by atoms with Crippen LogP contribution in [0.15, 0.2) is 34.9 Å². The van der Waals surface area contributed by atoms with Crippen molar-refractivity contribution in [3.63, 3.8) is 0 Å². The van der Waals surface area contributed by atoms with Crippen molar-refractivity contribution < 1.29 is 14.1 Å². The number of nitrogens with zero attached hydrogens (tertiary/aromatic N) is 1. The third-order valence-corrected chi connectivity index (χ3v) is 2.75. The molecule has 0 aliphatic heterocycles. The molecular weight excluding hydrogens is 244 g/mol. The summed E-state index contributed by atoms with van der Waals surface area (Å²) in [5, 5.41) is 6.51. The zero-order valence-electron chi connectivity index (χ0n) is 11.0. The van der Waals surface area contributed by atoms with Crippen molar-refractivity contribution in [2.75, 3.05) is 7.11 Å². The van der Waals surface area contributed by atoms with E-state index in [1.54, 1.807) is 13.2 Å². The van der Waals surface area contributed by atoms with Crippen molar-refractivity contribution in [2.24, 2.45) is 0 Å². The topological polar surface area (TPSA) is 64.4 Å². The van der Waals surface area contributed by atoms with E-state index >= 15 is 0 Å². The van der Waals surface area contributed by atoms with E-state index in [9.17, 15) is 4.79 Å². The monoisotopic (exact) mass is 260 g/mol. The minimum Gasteiger partial charge on any atom is -0.497 e. The highest BCUT2D eigenvalue weighted by molar-refractivity contribution is 5.92.